The normalized spacial score (nSPS) is 13.9. The van der Waals surface area contributed by atoms with Gasteiger partial charge in [0.2, 0.25) is 5.91 Å². The molecule has 1 N–H and O–H groups in total. The zero-order chi connectivity index (χ0) is 13.6. The van der Waals surface area contributed by atoms with Gasteiger partial charge < -0.3 is 10.0 Å². The number of amides is 1. The highest BCUT2D eigenvalue weighted by molar-refractivity contribution is 5.76. The Morgan fingerprint density at radius 1 is 1.29 bits per heavy atom. The van der Waals surface area contributed by atoms with Gasteiger partial charge in [-0.05, 0) is 19.3 Å². The summed E-state index contributed by atoms with van der Waals surface area (Å²) in [6, 6.07) is 0. The molecule has 0 aliphatic carbocycles. The lowest BCUT2D eigenvalue weighted by Crippen LogP contribution is -2.41. The first-order valence-electron chi connectivity index (χ1n) is 5.64. The fourth-order valence-electron chi connectivity index (χ4n) is 1.40. The lowest BCUT2D eigenvalue weighted by atomic mass is 10.1. The molecule has 1 unspecified atom stereocenters. The Kier molecular flexibility index (Phi) is 6.52. The van der Waals surface area contributed by atoms with Crippen LogP contribution in [0.1, 0.15) is 33.6 Å². The van der Waals surface area contributed by atoms with Crippen LogP contribution in [0.15, 0.2) is 0 Å². The third-order valence-electron chi connectivity index (χ3n) is 2.08. The average Bonchev–Trinajstić information content (AvgIpc) is 2.09. The van der Waals surface area contributed by atoms with Crippen LogP contribution >= 0.6 is 0 Å². The molecular formula is C11H20F3NO2. The number of hydrogen-bond acceptors (Lipinski definition) is 2. The SMILES string of the molecule is CC(C)CN(CC(F)(F)F)C(=O)CCC(C)O. The molecule has 0 heterocycles. The molecule has 3 nitrogen and oxygen atoms in total. The molecule has 0 aliphatic heterocycles. The highest BCUT2D eigenvalue weighted by Crippen LogP contribution is 2.18. The predicted molar refractivity (Wildman–Crippen MR) is 58.4 cm³/mol. The van der Waals surface area contributed by atoms with E-state index in [-0.39, 0.29) is 25.3 Å². The number of rotatable bonds is 6. The molecule has 0 saturated carbocycles. The Hall–Kier alpha value is -0.780. The van der Waals surface area contributed by atoms with Crippen molar-refractivity contribution in [2.45, 2.75) is 45.9 Å². The summed E-state index contributed by atoms with van der Waals surface area (Å²) < 4.78 is 36.8. The molecule has 0 aromatic heterocycles. The van der Waals surface area contributed by atoms with Crippen molar-refractivity contribution >= 4 is 5.91 Å². The van der Waals surface area contributed by atoms with E-state index in [2.05, 4.69) is 0 Å². The lowest BCUT2D eigenvalue weighted by Gasteiger charge is -2.26. The van der Waals surface area contributed by atoms with E-state index in [4.69, 9.17) is 5.11 Å². The van der Waals surface area contributed by atoms with E-state index < -0.39 is 24.7 Å². The number of alkyl halides is 3. The molecule has 0 radical (unpaired) electrons. The Morgan fingerprint density at radius 2 is 1.82 bits per heavy atom. The molecule has 0 aromatic carbocycles. The van der Waals surface area contributed by atoms with Gasteiger partial charge in [-0.2, -0.15) is 13.2 Å². The number of carbonyl (C=O) groups is 1. The van der Waals surface area contributed by atoms with E-state index in [1.807, 2.05) is 0 Å². The first kappa shape index (κ1) is 16.2. The average molecular weight is 255 g/mol. The van der Waals surface area contributed by atoms with Crippen LogP contribution in [0.2, 0.25) is 0 Å². The third kappa shape index (κ3) is 8.97. The zero-order valence-corrected chi connectivity index (χ0v) is 10.4. The fraction of sp³-hybridized carbons (Fsp3) is 0.909. The summed E-state index contributed by atoms with van der Waals surface area (Å²) in [7, 11) is 0. The molecule has 1 atom stereocenters. The van der Waals surface area contributed by atoms with Gasteiger partial charge >= 0.3 is 6.18 Å². The monoisotopic (exact) mass is 255 g/mol. The van der Waals surface area contributed by atoms with Crippen LogP contribution in [0.4, 0.5) is 13.2 Å². The topological polar surface area (TPSA) is 40.5 Å². The molecule has 0 aliphatic rings. The Morgan fingerprint density at radius 3 is 2.18 bits per heavy atom. The van der Waals surface area contributed by atoms with Crippen molar-refractivity contribution in [1.82, 2.24) is 4.90 Å². The molecule has 0 fully saturated rings. The minimum absolute atomic E-state index is 0.0205. The van der Waals surface area contributed by atoms with E-state index in [0.29, 0.717) is 0 Å². The number of carbonyl (C=O) groups excluding carboxylic acids is 1. The number of aliphatic hydroxyl groups is 1. The number of aliphatic hydroxyl groups excluding tert-OH is 1. The molecule has 6 heteroatoms. The molecule has 0 spiro atoms. The van der Waals surface area contributed by atoms with Gasteiger partial charge in [0.25, 0.3) is 0 Å². The van der Waals surface area contributed by atoms with Crippen LogP contribution in [0.25, 0.3) is 0 Å². The molecular weight excluding hydrogens is 235 g/mol. The third-order valence-corrected chi connectivity index (χ3v) is 2.08. The van der Waals surface area contributed by atoms with Crippen molar-refractivity contribution in [3.05, 3.63) is 0 Å². The standard InChI is InChI=1S/C11H20F3NO2/c1-8(2)6-15(7-11(12,13)14)10(17)5-4-9(3)16/h8-9,16H,4-7H2,1-3H3. The highest BCUT2D eigenvalue weighted by Gasteiger charge is 2.33. The Bertz CT molecular complexity index is 239. The molecule has 0 bridgehead atoms. The van der Waals surface area contributed by atoms with Gasteiger partial charge in [0, 0.05) is 13.0 Å². The van der Waals surface area contributed by atoms with Crippen LogP contribution in [-0.4, -0.2) is 41.3 Å². The van der Waals surface area contributed by atoms with Crippen LogP contribution in [0, 0.1) is 5.92 Å². The fourth-order valence-corrected chi connectivity index (χ4v) is 1.40. The molecule has 1 amide bonds. The second-order valence-corrected chi connectivity index (χ2v) is 4.67. The molecule has 0 saturated heterocycles. The van der Waals surface area contributed by atoms with Crippen molar-refractivity contribution in [2.24, 2.45) is 5.92 Å². The van der Waals surface area contributed by atoms with E-state index >= 15 is 0 Å². The number of halogens is 3. The number of nitrogens with zero attached hydrogens (tertiary/aromatic N) is 1. The van der Waals surface area contributed by atoms with Crippen molar-refractivity contribution < 1.29 is 23.1 Å². The van der Waals surface area contributed by atoms with Crippen LogP contribution in [0.3, 0.4) is 0 Å². The predicted octanol–water partition coefficient (Wildman–Crippen LogP) is 2.19. The first-order valence-corrected chi connectivity index (χ1v) is 5.64. The molecule has 0 aromatic rings. The first-order chi connectivity index (χ1) is 7.61. The minimum Gasteiger partial charge on any atom is -0.393 e. The van der Waals surface area contributed by atoms with Crippen molar-refractivity contribution in [1.29, 1.82) is 0 Å². The maximum atomic E-state index is 12.3. The van der Waals surface area contributed by atoms with Crippen molar-refractivity contribution in [3.63, 3.8) is 0 Å². The van der Waals surface area contributed by atoms with Crippen LogP contribution in [-0.2, 0) is 4.79 Å². The summed E-state index contributed by atoms with van der Waals surface area (Å²) >= 11 is 0. The van der Waals surface area contributed by atoms with E-state index in [9.17, 15) is 18.0 Å². The van der Waals surface area contributed by atoms with Gasteiger partial charge in [-0.1, -0.05) is 13.8 Å². The summed E-state index contributed by atoms with van der Waals surface area (Å²) in [6.45, 7) is 3.88. The van der Waals surface area contributed by atoms with Crippen molar-refractivity contribution in [3.8, 4) is 0 Å². The molecule has 0 rings (SSSR count). The summed E-state index contributed by atoms with van der Waals surface area (Å²) in [5, 5.41) is 9.00. The maximum absolute atomic E-state index is 12.3. The van der Waals surface area contributed by atoms with Gasteiger partial charge in [-0.3, -0.25) is 4.79 Å². The zero-order valence-electron chi connectivity index (χ0n) is 10.4. The Balaban J connectivity index is 4.40. The largest absolute Gasteiger partial charge is 0.406 e. The summed E-state index contributed by atoms with van der Waals surface area (Å²) in [5.41, 5.74) is 0. The summed E-state index contributed by atoms with van der Waals surface area (Å²) in [6.07, 6.45) is -4.92. The number of hydrogen-bond donors (Lipinski definition) is 1. The van der Waals surface area contributed by atoms with E-state index in [1.54, 1.807) is 13.8 Å². The molecule has 102 valence electrons. The maximum Gasteiger partial charge on any atom is 0.406 e. The van der Waals surface area contributed by atoms with Gasteiger partial charge in [0.15, 0.2) is 0 Å². The lowest BCUT2D eigenvalue weighted by molar-refractivity contribution is -0.162. The van der Waals surface area contributed by atoms with Gasteiger partial charge in [0.1, 0.15) is 6.54 Å². The van der Waals surface area contributed by atoms with E-state index in [0.717, 1.165) is 4.90 Å². The minimum atomic E-state index is -4.38. The summed E-state index contributed by atoms with van der Waals surface area (Å²) in [5.74, 6) is -0.579. The van der Waals surface area contributed by atoms with Crippen LogP contribution < -0.4 is 0 Å². The smallest absolute Gasteiger partial charge is 0.393 e. The van der Waals surface area contributed by atoms with Gasteiger partial charge in [0.05, 0.1) is 6.10 Å². The summed E-state index contributed by atoms with van der Waals surface area (Å²) in [4.78, 5) is 12.4. The quantitative estimate of drug-likeness (QED) is 0.790. The second kappa shape index (κ2) is 6.83. The Labute approximate surface area is 99.6 Å². The van der Waals surface area contributed by atoms with Gasteiger partial charge in [-0.25, -0.2) is 0 Å². The molecule has 17 heavy (non-hydrogen) atoms. The highest BCUT2D eigenvalue weighted by atomic mass is 19.4. The van der Waals surface area contributed by atoms with Crippen LogP contribution in [0.5, 0.6) is 0 Å². The van der Waals surface area contributed by atoms with E-state index in [1.165, 1.54) is 6.92 Å². The van der Waals surface area contributed by atoms with Gasteiger partial charge in [-0.15, -0.1) is 0 Å². The van der Waals surface area contributed by atoms with Crippen molar-refractivity contribution in [2.75, 3.05) is 13.1 Å². The second-order valence-electron chi connectivity index (χ2n) is 4.67.